The lowest BCUT2D eigenvalue weighted by molar-refractivity contribution is 0.585. The first-order chi connectivity index (χ1) is 25.5. The Hall–Kier alpha value is -6.79. The number of para-hydroxylation sites is 1. The van der Waals surface area contributed by atoms with Crippen LogP contribution in [0.15, 0.2) is 164 Å². The van der Waals surface area contributed by atoms with Gasteiger partial charge in [-0.3, -0.25) is 0 Å². The molecule has 9 aromatic rings. The first-order valence-corrected chi connectivity index (χ1v) is 17.1. The maximum absolute atomic E-state index is 15.8. The third-order valence-corrected chi connectivity index (χ3v) is 9.55. The lowest BCUT2D eigenvalue weighted by Gasteiger charge is -2.16. The van der Waals surface area contributed by atoms with Crippen molar-refractivity contribution in [1.82, 2.24) is 19.5 Å². The van der Waals surface area contributed by atoms with Crippen LogP contribution in [0.5, 0.6) is 0 Å². The van der Waals surface area contributed by atoms with Gasteiger partial charge in [0.15, 0.2) is 17.5 Å². The standard InChI is InChI=1S/C46H30F2N4/c1-29-12-8-9-17-35(29)32-20-25-43-40(26-32)37-18-10-11-19-42(37)52(43)34-22-24-38(39(28-34)36-23-21-33(47)27-41(36)48)46-50-44(30-13-4-2-5-14-30)49-45(51-46)31-15-6-3-7-16-31/h2-28H,1H3. The van der Waals surface area contributed by atoms with Crippen LogP contribution in [0.25, 0.3) is 83.9 Å². The van der Waals surface area contributed by atoms with Crippen LogP contribution < -0.4 is 0 Å². The topological polar surface area (TPSA) is 43.6 Å². The summed E-state index contributed by atoms with van der Waals surface area (Å²) in [6.45, 7) is 2.12. The first kappa shape index (κ1) is 31.2. The van der Waals surface area contributed by atoms with Crippen molar-refractivity contribution < 1.29 is 8.78 Å². The molecular weight excluding hydrogens is 647 g/mol. The summed E-state index contributed by atoms with van der Waals surface area (Å²) >= 11 is 0. The molecule has 2 aromatic heterocycles. The molecule has 2 heterocycles. The molecule has 0 aliphatic carbocycles. The second kappa shape index (κ2) is 12.8. The summed E-state index contributed by atoms with van der Waals surface area (Å²) < 4.78 is 32.4. The Morgan fingerprint density at radius 1 is 0.423 bits per heavy atom. The van der Waals surface area contributed by atoms with Crippen molar-refractivity contribution in [1.29, 1.82) is 0 Å². The van der Waals surface area contributed by atoms with Crippen molar-refractivity contribution in [3.05, 3.63) is 181 Å². The normalized spacial score (nSPS) is 11.4. The van der Waals surface area contributed by atoms with E-state index in [1.54, 1.807) is 0 Å². The van der Waals surface area contributed by atoms with Crippen LogP contribution in [0.2, 0.25) is 0 Å². The molecule has 0 aliphatic heterocycles. The van der Waals surface area contributed by atoms with Crippen molar-refractivity contribution in [2.45, 2.75) is 6.92 Å². The zero-order valence-electron chi connectivity index (χ0n) is 28.1. The Balaban J connectivity index is 1.29. The van der Waals surface area contributed by atoms with Crippen LogP contribution in [0.3, 0.4) is 0 Å². The lowest BCUT2D eigenvalue weighted by Crippen LogP contribution is -2.02. The van der Waals surface area contributed by atoms with Gasteiger partial charge < -0.3 is 4.57 Å². The maximum atomic E-state index is 15.8. The largest absolute Gasteiger partial charge is 0.309 e. The lowest BCUT2D eigenvalue weighted by atomic mass is 9.97. The molecule has 7 aromatic carbocycles. The molecule has 0 unspecified atom stereocenters. The molecule has 52 heavy (non-hydrogen) atoms. The number of aryl methyl sites for hydroxylation is 1. The molecule has 9 rings (SSSR count). The van der Waals surface area contributed by atoms with Crippen molar-refractivity contribution in [3.63, 3.8) is 0 Å². The van der Waals surface area contributed by atoms with E-state index in [4.69, 9.17) is 15.0 Å². The molecule has 0 atom stereocenters. The maximum Gasteiger partial charge on any atom is 0.164 e. The number of benzene rings is 7. The molecule has 248 valence electrons. The average molecular weight is 677 g/mol. The van der Waals surface area contributed by atoms with E-state index in [1.807, 2.05) is 91.0 Å². The average Bonchev–Trinajstić information content (AvgIpc) is 3.52. The highest BCUT2D eigenvalue weighted by molar-refractivity contribution is 6.10. The van der Waals surface area contributed by atoms with Gasteiger partial charge in [-0.1, -0.05) is 109 Å². The summed E-state index contributed by atoms with van der Waals surface area (Å²) in [5, 5.41) is 2.21. The molecule has 0 spiro atoms. The van der Waals surface area contributed by atoms with Crippen LogP contribution in [-0.2, 0) is 0 Å². The predicted octanol–water partition coefficient (Wildman–Crippen LogP) is 11.9. The fourth-order valence-electron chi connectivity index (χ4n) is 7.04. The Morgan fingerprint density at radius 3 is 1.75 bits per heavy atom. The molecule has 0 amide bonds. The highest BCUT2D eigenvalue weighted by Crippen LogP contribution is 2.40. The summed E-state index contributed by atoms with van der Waals surface area (Å²) in [5.74, 6) is 0.0349. The summed E-state index contributed by atoms with van der Waals surface area (Å²) in [7, 11) is 0. The van der Waals surface area contributed by atoms with Crippen molar-refractivity contribution >= 4 is 21.8 Å². The van der Waals surface area contributed by atoms with E-state index in [0.717, 1.165) is 50.2 Å². The number of hydrogen-bond donors (Lipinski definition) is 0. The second-order valence-corrected chi connectivity index (χ2v) is 12.8. The number of halogens is 2. The third kappa shape index (κ3) is 5.51. The molecule has 4 nitrogen and oxygen atoms in total. The zero-order chi connectivity index (χ0) is 35.2. The van der Waals surface area contributed by atoms with E-state index in [1.165, 1.54) is 23.3 Å². The molecule has 6 heteroatoms. The van der Waals surface area contributed by atoms with Gasteiger partial charge in [0.2, 0.25) is 0 Å². The molecule has 0 saturated heterocycles. The van der Waals surface area contributed by atoms with Gasteiger partial charge in [-0.25, -0.2) is 23.7 Å². The Kier molecular flexibility index (Phi) is 7.70. The molecule has 0 aliphatic rings. The van der Waals surface area contributed by atoms with E-state index in [9.17, 15) is 4.39 Å². The number of fused-ring (bicyclic) bond motifs is 3. The monoisotopic (exact) mass is 676 g/mol. The Labute approximate surface area is 299 Å². The van der Waals surface area contributed by atoms with Gasteiger partial charge in [-0.2, -0.15) is 0 Å². The molecular formula is C46H30F2N4. The smallest absolute Gasteiger partial charge is 0.164 e. The fraction of sp³-hybridized carbons (Fsp3) is 0.0217. The molecule has 0 saturated carbocycles. The van der Waals surface area contributed by atoms with Gasteiger partial charge in [-0.05, 0) is 77.7 Å². The molecule has 0 bridgehead atoms. The molecule has 0 radical (unpaired) electrons. The third-order valence-electron chi connectivity index (χ3n) is 9.55. The predicted molar refractivity (Wildman–Crippen MR) is 206 cm³/mol. The van der Waals surface area contributed by atoms with Crippen molar-refractivity contribution in [2.75, 3.05) is 0 Å². The van der Waals surface area contributed by atoms with Crippen LogP contribution in [0, 0.1) is 18.6 Å². The Morgan fingerprint density at radius 2 is 1.04 bits per heavy atom. The minimum absolute atomic E-state index is 0.240. The van der Waals surface area contributed by atoms with E-state index in [2.05, 4.69) is 66.1 Å². The quantitative estimate of drug-likeness (QED) is 0.176. The summed E-state index contributed by atoms with van der Waals surface area (Å²) in [4.78, 5) is 14.7. The minimum atomic E-state index is -0.677. The van der Waals surface area contributed by atoms with Crippen molar-refractivity contribution in [3.8, 4) is 62.1 Å². The van der Waals surface area contributed by atoms with E-state index >= 15 is 4.39 Å². The number of nitrogens with zero attached hydrogens (tertiary/aromatic N) is 4. The minimum Gasteiger partial charge on any atom is -0.309 e. The summed E-state index contributed by atoms with van der Waals surface area (Å²) in [6, 6.07) is 52.2. The summed E-state index contributed by atoms with van der Waals surface area (Å²) in [5.41, 5.74) is 9.37. The van der Waals surface area contributed by atoms with Crippen molar-refractivity contribution in [2.24, 2.45) is 0 Å². The number of aromatic nitrogens is 4. The SMILES string of the molecule is Cc1ccccc1-c1ccc2c(c1)c1ccccc1n2-c1ccc(-c2nc(-c3ccccc3)nc(-c3ccccc3)n2)c(-c2ccc(F)cc2F)c1. The van der Waals surface area contributed by atoms with Gasteiger partial charge in [-0.15, -0.1) is 0 Å². The second-order valence-electron chi connectivity index (χ2n) is 12.8. The highest BCUT2D eigenvalue weighted by atomic mass is 19.1. The summed E-state index contributed by atoms with van der Waals surface area (Å²) in [6.07, 6.45) is 0. The van der Waals surface area contributed by atoms with E-state index < -0.39 is 11.6 Å². The molecule has 0 fully saturated rings. The zero-order valence-corrected chi connectivity index (χ0v) is 28.1. The van der Waals surface area contributed by atoms with Crippen LogP contribution in [-0.4, -0.2) is 19.5 Å². The molecule has 0 N–H and O–H groups in total. The first-order valence-electron chi connectivity index (χ1n) is 17.1. The van der Waals surface area contributed by atoms with Crippen LogP contribution in [0.4, 0.5) is 8.78 Å². The van der Waals surface area contributed by atoms with Crippen LogP contribution >= 0.6 is 0 Å². The fourth-order valence-corrected chi connectivity index (χ4v) is 7.04. The van der Waals surface area contributed by atoms with Gasteiger partial charge >= 0.3 is 0 Å². The van der Waals surface area contributed by atoms with Gasteiger partial charge in [0.1, 0.15) is 11.6 Å². The van der Waals surface area contributed by atoms with Gasteiger partial charge in [0.05, 0.1) is 11.0 Å². The Bertz CT molecular complexity index is 2720. The van der Waals surface area contributed by atoms with Gasteiger partial charge in [0, 0.05) is 44.8 Å². The van der Waals surface area contributed by atoms with E-state index in [0.29, 0.717) is 28.6 Å². The van der Waals surface area contributed by atoms with Crippen LogP contribution in [0.1, 0.15) is 5.56 Å². The van der Waals surface area contributed by atoms with Gasteiger partial charge in [0.25, 0.3) is 0 Å². The van der Waals surface area contributed by atoms with E-state index in [-0.39, 0.29) is 5.56 Å². The number of hydrogen-bond acceptors (Lipinski definition) is 3. The highest BCUT2D eigenvalue weighted by Gasteiger charge is 2.21. The number of rotatable bonds is 6.